The molecule has 1 aromatic heterocycles. The fourth-order valence-electron chi connectivity index (χ4n) is 2.20. The number of hydrogen-bond acceptors (Lipinski definition) is 4. The molecule has 5 nitrogen and oxygen atoms in total. The average Bonchev–Trinajstić information content (AvgIpc) is 2.89. The third-order valence-corrected chi connectivity index (χ3v) is 4.41. The molecule has 0 N–H and O–H groups in total. The van der Waals surface area contributed by atoms with Crippen molar-refractivity contribution < 1.29 is 9.53 Å². The van der Waals surface area contributed by atoms with Gasteiger partial charge in [-0.05, 0) is 75.5 Å². The lowest BCUT2D eigenvalue weighted by Gasteiger charge is -2.10. The highest BCUT2D eigenvalue weighted by Crippen LogP contribution is 2.35. The third-order valence-electron chi connectivity index (χ3n) is 3.23. The molecule has 1 aromatic carbocycles. The first-order chi connectivity index (χ1) is 11.9. The van der Waals surface area contributed by atoms with E-state index in [0.29, 0.717) is 32.6 Å². The molecule has 0 radical (unpaired) electrons. The number of benzene rings is 1. The van der Waals surface area contributed by atoms with Gasteiger partial charge in [0, 0.05) is 5.69 Å². The van der Waals surface area contributed by atoms with Gasteiger partial charge in [0.15, 0.2) is 0 Å². The summed E-state index contributed by atoms with van der Waals surface area (Å²) in [6, 6.07) is 7.28. The fourth-order valence-corrected chi connectivity index (χ4v) is 3.65. The monoisotopic (exact) mass is 463 g/mol. The zero-order chi connectivity index (χ0) is 18.6. The maximum Gasteiger partial charge on any atom is 0.289 e. The van der Waals surface area contributed by atoms with Crippen molar-refractivity contribution in [2.45, 2.75) is 13.8 Å². The maximum absolute atomic E-state index is 12.5. The molecule has 2 rings (SSSR count). The summed E-state index contributed by atoms with van der Waals surface area (Å²) in [5.74, 6) is 0.160. The minimum atomic E-state index is -0.465. The summed E-state index contributed by atoms with van der Waals surface area (Å²) in [5, 5.41) is 13.5. The summed E-state index contributed by atoms with van der Waals surface area (Å²) >= 11 is 6.87. The van der Waals surface area contributed by atoms with Gasteiger partial charge >= 0.3 is 0 Å². The van der Waals surface area contributed by atoms with Crippen LogP contribution in [0.25, 0.3) is 6.08 Å². The molecule has 0 amide bonds. The molecule has 0 fully saturated rings. The maximum atomic E-state index is 12.5. The van der Waals surface area contributed by atoms with Crippen LogP contribution in [0.3, 0.4) is 0 Å². The molecule has 2 aromatic rings. The highest BCUT2D eigenvalue weighted by atomic mass is 79.9. The summed E-state index contributed by atoms with van der Waals surface area (Å²) in [6.07, 6.45) is 3.17. The van der Waals surface area contributed by atoms with E-state index in [9.17, 15) is 10.1 Å². The molecule has 0 aliphatic carbocycles. The van der Waals surface area contributed by atoms with Crippen molar-refractivity contribution >= 4 is 43.8 Å². The Morgan fingerprint density at radius 1 is 1.36 bits per heavy atom. The lowest BCUT2D eigenvalue weighted by molar-refractivity contribution is 0.0943. The zero-order valence-corrected chi connectivity index (χ0v) is 16.9. The van der Waals surface area contributed by atoms with Gasteiger partial charge in [-0.1, -0.05) is 12.7 Å². The van der Waals surface area contributed by atoms with Gasteiger partial charge in [-0.2, -0.15) is 10.4 Å². The van der Waals surface area contributed by atoms with Gasteiger partial charge in [-0.15, -0.1) is 0 Å². The van der Waals surface area contributed by atoms with Crippen molar-refractivity contribution in [2.24, 2.45) is 0 Å². The van der Waals surface area contributed by atoms with E-state index in [1.165, 1.54) is 10.8 Å². The second-order valence-electron chi connectivity index (χ2n) is 5.23. The summed E-state index contributed by atoms with van der Waals surface area (Å²) in [5.41, 5.74) is 2.07. The van der Waals surface area contributed by atoms with Crippen LogP contribution in [-0.2, 0) is 0 Å². The van der Waals surface area contributed by atoms with Crippen LogP contribution in [0.5, 0.6) is 5.75 Å². The van der Waals surface area contributed by atoms with E-state index >= 15 is 0 Å². The molecule has 7 heteroatoms. The van der Waals surface area contributed by atoms with Crippen LogP contribution in [0.1, 0.15) is 21.7 Å². The Morgan fingerprint density at radius 3 is 2.48 bits per heavy atom. The summed E-state index contributed by atoms with van der Waals surface area (Å²) in [6.45, 7) is 7.54. The van der Waals surface area contributed by atoms with Gasteiger partial charge < -0.3 is 4.74 Å². The van der Waals surface area contributed by atoms with Gasteiger partial charge in [-0.25, -0.2) is 4.68 Å². The quantitative estimate of drug-likeness (QED) is 0.360. The van der Waals surface area contributed by atoms with Crippen LogP contribution >= 0.6 is 31.9 Å². The number of hydrogen-bond donors (Lipinski definition) is 0. The number of aromatic nitrogens is 2. The Balaban J connectivity index is 2.40. The number of carbonyl (C=O) groups excluding carboxylic acids is 1. The molecule has 0 spiro atoms. The van der Waals surface area contributed by atoms with E-state index < -0.39 is 5.91 Å². The Hall–Kier alpha value is -2.17. The largest absolute Gasteiger partial charge is 0.487 e. The molecular formula is C18H15Br2N3O2. The Bertz CT molecular complexity index is 885. The first-order valence-corrected chi connectivity index (χ1v) is 8.88. The molecule has 0 bridgehead atoms. The number of rotatable bonds is 5. The molecular weight excluding hydrogens is 450 g/mol. The number of carbonyl (C=O) groups is 1. The van der Waals surface area contributed by atoms with Crippen LogP contribution in [0.2, 0.25) is 0 Å². The summed E-state index contributed by atoms with van der Waals surface area (Å²) in [4.78, 5) is 12.5. The topological polar surface area (TPSA) is 67.9 Å². The smallest absolute Gasteiger partial charge is 0.289 e. The Kier molecular flexibility index (Phi) is 6.34. The van der Waals surface area contributed by atoms with Crippen molar-refractivity contribution in [1.29, 1.82) is 5.26 Å². The van der Waals surface area contributed by atoms with Crippen LogP contribution in [0, 0.1) is 25.2 Å². The molecule has 0 unspecified atom stereocenters. The predicted molar refractivity (Wildman–Crippen MR) is 103 cm³/mol. The lowest BCUT2D eigenvalue weighted by atomic mass is 10.1. The van der Waals surface area contributed by atoms with E-state index in [0.717, 1.165) is 5.69 Å². The van der Waals surface area contributed by atoms with Gasteiger partial charge in [0.25, 0.3) is 5.91 Å². The highest BCUT2D eigenvalue weighted by molar-refractivity contribution is 9.11. The SMILES string of the molecule is C=CCOc1c(Br)cc(/C=C(\C#N)C(=O)n2nc(C)cc2C)cc1Br. The van der Waals surface area contributed by atoms with E-state index in [2.05, 4.69) is 43.5 Å². The van der Waals surface area contributed by atoms with E-state index in [1.54, 1.807) is 38.1 Å². The van der Waals surface area contributed by atoms with Crippen LogP contribution < -0.4 is 4.74 Å². The molecule has 25 heavy (non-hydrogen) atoms. The second kappa shape index (κ2) is 8.28. The van der Waals surface area contributed by atoms with Crippen molar-refractivity contribution in [2.75, 3.05) is 6.61 Å². The van der Waals surface area contributed by atoms with Gasteiger partial charge in [0.1, 0.15) is 24.0 Å². The number of aryl methyl sites for hydroxylation is 2. The van der Waals surface area contributed by atoms with Crippen molar-refractivity contribution in [3.05, 3.63) is 62.3 Å². The van der Waals surface area contributed by atoms with E-state index in [-0.39, 0.29) is 5.57 Å². The molecule has 0 saturated heterocycles. The van der Waals surface area contributed by atoms with Crippen molar-refractivity contribution in [1.82, 2.24) is 9.78 Å². The van der Waals surface area contributed by atoms with Crippen molar-refractivity contribution in [3.8, 4) is 11.8 Å². The third kappa shape index (κ3) is 4.47. The van der Waals surface area contributed by atoms with E-state index in [1.807, 2.05) is 6.07 Å². The summed E-state index contributed by atoms with van der Waals surface area (Å²) < 4.78 is 8.19. The van der Waals surface area contributed by atoms with Crippen molar-refractivity contribution in [3.63, 3.8) is 0 Å². The number of halogens is 2. The number of nitrogens with zero attached hydrogens (tertiary/aromatic N) is 3. The first-order valence-electron chi connectivity index (χ1n) is 7.30. The van der Waals surface area contributed by atoms with E-state index in [4.69, 9.17) is 4.74 Å². The first kappa shape index (κ1) is 19.2. The lowest BCUT2D eigenvalue weighted by Crippen LogP contribution is -2.15. The molecule has 0 saturated carbocycles. The van der Waals surface area contributed by atoms with Crippen LogP contribution in [0.4, 0.5) is 0 Å². The number of allylic oxidation sites excluding steroid dienone is 1. The molecule has 128 valence electrons. The average molecular weight is 465 g/mol. The van der Waals surface area contributed by atoms with Crippen LogP contribution in [0.15, 0.2) is 45.4 Å². The highest BCUT2D eigenvalue weighted by Gasteiger charge is 2.16. The standard InChI is InChI=1S/C18H15Br2N3O2/c1-4-5-25-17-15(19)8-13(9-16(17)20)7-14(10-21)18(24)23-12(3)6-11(2)22-23/h4,6-9H,1,5H2,2-3H3/b14-7+. The van der Waals surface area contributed by atoms with Gasteiger partial charge in [0.05, 0.1) is 14.6 Å². The Labute approximate surface area is 162 Å². The molecule has 0 aliphatic rings. The molecule has 0 aliphatic heterocycles. The van der Waals surface area contributed by atoms with Gasteiger partial charge in [-0.3, -0.25) is 4.79 Å². The molecule has 1 heterocycles. The Morgan fingerprint density at radius 2 is 2.00 bits per heavy atom. The minimum absolute atomic E-state index is 0.00948. The summed E-state index contributed by atoms with van der Waals surface area (Å²) in [7, 11) is 0. The fraction of sp³-hybridized carbons (Fsp3) is 0.167. The zero-order valence-electron chi connectivity index (χ0n) is 13.7. The number of ether oxygens (including phenoxy) is 1. The van der Waals surface area contributed by atoms with Gasteiger partial charge in [0.2, 0.25) is 0 Å². The predicted octanol–water partition coefficient (Wildman–Crippen LogP) is 4.84. The van der Waals surface area contributed by atoms with Crippen LogP contribution in [-0.4, -0.2) is 22.3 Å². The normalized spacial score (nSPS) is 11.1. The minimum Gasteiger partial charge on any atom is -0.487 e. The molecule has 0 atom stereocenters. The number of nitriles is 1. The second-order valence-corrected chi connectivity index (χ2v) is 6.94.